The molecule has 0 saturated carbocycles. The van der Waals surface area contributed by atoms with Crippen molar-refractivity contribution in [2.45, 2.75) is 38.6 Å². The highest BCUT2D eigenvalue weighted by Gasteiger charge is 2.23. The average Bonchev–Trinajstić information content (AvgIpc) is 2.90. The first-order valence-corrected chi connectivity index (χ1v) is 8.44. The van der Waals surface area contributed by atoms with Crippen LogP contribution in [0.15, 0.2) is 12.4 Å². The molecular formula is C16H22ClN5O. The Balaban J connectivity index is 2.03. The minimum Gasteiger partial charge on any atom is -0.368 e. The van der Waals surface area contributed by atoms with Gasteiger partial charge in [0.05, 0.1) is 28.0 Å². The van der Waals surface area contributed by atoms with Gasteiger partial charge in [-0.25, -0.2) is 4.98 Å². The Kier molecular flexibility index (Phi) is 4.73. The van der Waals surface area contributed by atoms with Crippen LogP contribution >= 0.6 is 11.6 Å². The van der Waals surface area contributed by atoms with Crippen molar-refractivity contribution in [1.29, 1.82) is 0 Å². The first kappa shape index (κ1) is 16.1. The molecule has 7 heteroatoms. The molecule has 1 aliphatic heterocycles. The Bertz CT molecular complexity index is 714. The number of aromatic amines is 1. The van der Waals surface area contributed by atoms with E-state index in [-0.39, 0.29) is 11.9 Å². The highest BCUT2D eigenvalue weighted by atomic mass is 35.5. The van der Waals surface area contributed by atoms with Crippen LogP contribution in [-0.4, -0.2) is 35.0 Å². The van der Waals surface area contributed by atoms with Gasteiger partial charge in [-0.05, 0) is 19.3 Å². The van der Waals surface area contributed by atoms with E-state index < -0.39 is 0 Å². The number of aromatic nitrogens is 2. The highest BCUT2D eigenvalue weighted by Crippen LogP contribution is 2.38. The maximum Gasteiger partial charge on any atom is 0.224 e. The van der Waals surface area contributed by atoms with Gasteiger partial charge < -0.3 is 20.9 Å². The van der Waals surface area contributed by atoms with E-state index in [4.69, 9.17) is 17.3 Å². The van der Waals surface area contributed by atoms with E-state index in [9.17, 15) is 4.79 Å². The van der Waals surface area contributed by atoms with E-state index in [2.05, 4.69) is 20.2 Å². The van der Waals surface area contributed by atoms with Crippen molar-refractivity contribution in [2.24, 2.45) is 5.73 Å². The maximum absolute atomic E-state index is 12.0. The summed E-state index contributed by atoms with van der Waals surface area (Å²) >= 11 is 6.44. The molecule has 0 bridgehead atoms. The van der Waals surface area contributed by atoms with E-state index in [1.165, 1.54) is 0 Å². The van der Waals surface area contributed by atoms with E-state index in [0.29, 0.717) is 11.4 Å². The molecule has 3 rings (SSSR count). The SMILES string of the molecule is CCCC(=O)Nc1c[nH]c2ncc(Cl)c(N3CCCC(N)C3)c12. The standard InChI is InChI=1S/C16H22ClN5O/c1-2-4-13(23)21-12-8-20-16-14(12)15(11(17)7-19-16)22-6-3-5-10(18)9-22/h7-8,10H,2-6,9,18H2,1H3,(H,19,20)(H,21,23). The fourth-order valence-corrected chi connectivity index (χ4v) is 3.38. The van der Waals surface area contributed by atoms with Gasteiger partial charge in [-0.1, -0.05) is 18.5 Å². The number of H-pyrrole nitrogens is 1. The molecule has 1 fully saturated rings. The summed E-state index contributed by atoms with van der Waals surface area (Å²) < 4.78 is 0. The fraction of sp³-hybridized carbons (Fsp3) is 0.500. The Morgan fingerprint density at radius 1 is 1.61 bits per heavy atom. The van der Waals surface area contributed by atoms with Gasteiger partial charge in [-0.2, -0.15) is 0 Å². The van der Waals surface area contributed by atoms with Crippen molar-refractivity contribution >= 4 is 39.9 Å². The number of hydrogen-bond donors (Lipinski definition) is 3. The van der Waals surface area contributed by atoms with Gasteiger partial charge in [-0.15, -0.1) is 0 Å². The van der Waals surface area contributed by atoms with Crippen molar-refractivity contribution < 1.29 is 4.79 Å². The number of rotatable bonds is 4. The Morgan fingerprint density at radius 3 is 3.17 bits per heavy atom. The summed E-state index contributed by atoms with van der Waals surface area (Å²) in [5.74, 6) is -0.00493. The van der Waals surface area contributed by atoms with Crippen LogP contribution in [0.4, 0.5) is 11.4 Å². The van der Waals surface area contributed by atoms with E-state index in [0.717, 1.165) is 54.8 Å². The van der Waals surface area contributed by atoms with Crippen LogP contribution in [-0.2, 0) is 4.79 Å². The number of anilines is 2. The third-order valence-corrected chi connectivity index (χ3v) is 4.43. The number of pyridine rings is 1. The molecule has 1 aliphatic rings. The Hall–Kier alpha value is -1.79. The molecular weight excluding hydrogens is 314 g/mol. The lowest BCUT2D eigenvalue weighted by Crippen LogP contribution is -2.43. The number of hydrogen-bond acceptors (Lipinski definition) is 4. The smallest absolute Gasteiger partial charge is 0.224 e. The van der Waals surface area contributed by atoms with E-state index in [1.807, 2.05) is 6.92 Å². The average molecular weight is 336 g/mol. The quantitative estimate of drug-likeness (QED) is 0.801. The monoisotopic (exact) mass is 335 g/mol. The summed E-state index contributed by atoms with van der Waals surface area (Å²) in [4.78, 5) is 21.6. The third kappa shape index (κ3) is 3.28. The molecule has 124 valence electrons. The summed E-state index contributed by atoms with van der Waals surface area (Å²) in [6.45, 7) is 3.64. The predicted molar refractivity (Wildman–Crippen MR) is 94.1 cm³/mol. The van der Waals surface area contributed by atoms with Crippen LogP contribution in [0.2, 0.25) is 5.02 Å². The zero-order valence-electron chi connectivity index (χ0n) is 13.2. The lowest BCUT2D eigenvalue weighted by Gasteiger charge is -2.33. The van der Waals surface area contributed by atoms with E-state index in [1.54, 1.807) is 12.4 Å². The highest BCUT2D eigenvalue weighted by molar-refractivity contribution is 6.35. The predicted octanol–water partition coefficient (Wildman–Crippen LogP) is 2.88. The van der Waals surface area contributed by atoms with Crippen LogP contribution in [0.3, 0.4) is 0 Å². The molecule has 4 N–H and O–H groups in total. The van der Waals surface area contributed by atoms with Crippen molar-refractivity contribution in [3.8, 4) is 0 Å². The van der Waals surface area contributed by atoms with Crippen LogP contribution in [0.5, 0.6) is 0 Å². The number of nitrogens with one attached hydrogen (secondary N) is 2. The number of halogens is 1. The van der Waals surface area contributed by atoms with Crippen LogP contribution in [0.25, 0.3) is 11.0 Å². The third-order valence-electron chi connectivity index (χ3n) is 4.15. The topological polar surface area (TPSA) is 87.0 Å². The Morgan fingerprint density at radius 2 is 2.43 bits per heavy atom. The summed E-state index contributed by atoms with van der Waals surface area (Å²) in [6, 6.07) is 0.139. The zero-order chi connectivity index (χ0) is 16.4. The summed E-state index contributed by atoms with van der Waals surface area (Å²) in [5.41, 5.74) is 8.46. The van der Waals surface area contributed by atoms with Crippen molar-refractivity contribution in [3.63, 3.8) is 0 Å². The number of nitrogens with zero attached hydrogens (tertiary/aromatic N) is 2. The normalized spacial score (nSPS) is 18.4. The summed E-state index contributed by atoms with van der Waals surface area (Å²) in [6.07, 6.45) is 6.77. The number of fused-ring (bicyclic) bond motifs is 1. The zero-order valence-corrected chi connectivity index (χ0v) is 14.0. The molecule has 2 aromatic rings. The molecule has 1 atom stereocenters. The first-order valence-electron chi connectivity index (χ1n) is 8.06. The van der Waals surface area contributed by atoms with Crippen molar-refractivity contribution in [1.82, 2.24) is 9.97 Å². The number of carbonyl (C=O) groups excluding carboxylic acids is 1. The van der Waals surface area contributed by atoms with Gasteiger partial charge in [0.25, 0.3) is 0 Å². The Labute approximate surface area is 140 Å². The van der Waals surface area contributed by atoms with Crippen molar-refractivity contribution in [2.75, 3.05) is 23.3 Å². The van der Waals surface area contributed by atoms with Gasteiger partial charge in [-0.3, -0.25) is 4.79 Å². The molecule has 3 heterocycles. The molecule has 1 amide bonds. The molecule has 1 saturated heterocycles. The number of carbonyl (C=O) groups is 1. The van der Waals surface area contributed by atoms with Gasteiger partial charge in [0.15, 0.2) is 0 Å². The number of nitrogens with two attached hydrogens (primary N) is 1. The molecule has 0 radical (unpaired) electrons. The molecule has 6 nitrogen and oxygen atoms in total. The van der Waals surface area contributed by atoms with Crippen LogP contribution < -0.4 is 16.0 Å². The van der Waals surface area contributed by atoms with Gasteiger partial charge in [0.1, 0.15) is 5.65 Å². The lowest BCUT2D eigenvalue weighted by atomic mass is 10.1. The summed E-state index contributed by atoms with van der Waals surface area (Å²) in [7, 11) is 0. The maximum atomic E-state index is 12.0. The number of piperidine rings is 1. The summed E-state index contributed by atoms with van der Waals surface area (Å²) in [5, 5.41) is 4.40. The van der Waals surface area contributed by atoms with Crippen LogP contribution in [0, 0.1) is 0 Å². The fourth-order valence-electron chi connectivity index (χ4n) is 3.12. The molecule has 2 aromatic heterocycles. The minimum absolute atomic E-state index is 0.00493. The lowest BCUT2D eigenvalue weighted by molar-refractivity contribution is -0.116. The first-order chi connectivity index (χ1) is 11.1. The second-order valence-corrected chi connectivity index (χ2v) is 6.43. The molecule has 0 aliphatic carbocycles. The second-order valence-electron chi connectivity index (χ2n) is 6.03. The molecule has 1 unspecified atom stereocenters. The van der Waals surface area contributed by atoms with Gasteiger partial charge in [0.2, 0.25) is 5.91 Å². The molecule has 0 aromatic carbocycles. The number of amides is 1. The van der Waals surface area contributed by atoms with Crippen LogP contribution in [0.1, 0.15) is 32.6 Å². The second kappa shape index (κ2) is 6.76. The molecule has 0 spiro atoms. The minimum atomic E-state index is -0.00493. The van der Waals surface area contributed by atoms with Crippen molar-refractivity contribution in [3.05, 3.63) is 17.4 Å². The van der Waals surface area contributed by atoms with Gasteiger partial charge in [0, 0.05) is 31.7 Å². The largest absolute Gasteiger partial charge is 0.368 e. The van der Waals surface area contributed by atoms with Gasteiger partial charge >= 0.3 is 0 Å². The van der Waals surface area contributed by atoms with E-state index >= 15 is 0 Å². The molecule has 23 heavy (non-hydrogen) atoms.